The van der Waals surface area contributed by atoms with Crippen LogP contribution in [0.15, 0.2) is 36.4 Å². The van der Waals surface area contributed by atoms with E-state index in [1.807, 2.05) is 57.2 Å². The third kappa shape index (κ3) is 4.42. The number of hydrogen-bond acceptors (Lipinski definition) is 3. The van der Waals surface area contributed by atoms with Crippen LogP contribution in [0.5, 0.6) is 0 Å². The minimum Gasteiger partial charge on any atom is -0.444 e. The van der Waals surface area contributed by atoms with E-state index < -0.39 is 12.3 Å². The molecule has 5 nitrogen and oxygen atoms in total. The van der Waals surface area contributed by atoms with Gasteiger partial charge in [-0.3, -0.25) is 5.32 Å². The zero-order valence-electron chi connectivity index (χ0n) is 15.5. The molecule has 1 aromatic carbocycles. The number of halogens is 1. The van der Waals surface area contributed by atoms with Crippen molar-refractivity contribution in [1.82, 2.24) is 9.78 Å². The SMILES string of the molecule is CC(C)(C)n1nc([C@@H]2CC[C@@H](F)C2)cc1NC(=O)OCc1ccccc1. The molecule has 140 valence electrons. The summed E-state index contributed by atoms with van der Waals surface area (Å²) in [7, 11) is 0. The zero-order valence-corrected chi connectivity index (χ0v) is 15.5. The molecule has 0 unspecified atom stereocenters. The number of benzene rings is 1. The number of aromatic nitrogens is 2. The molecule has 0 bridgehead atoms. The fourth-order valence-corrected chi connectivity index (χ4v) is 3.26. The van der Waals surface area contributed by atoms with E-state index in [0.29, 0.717) is 18.7 Å². The van der Waals surface area contributed by atoms with Crippen LogP contribution in [0.3, 0.4) is 0 Å². The molecule has 6 heteroatoms. The van der Waals surface area contributed by atoms with Crippen LogP contribution in [0, 0.1) is 0 Å². The number of anilines is 1. The molecule has 3 rings (SSSR count). The Hall–Kier alpha value is -2.37. The van der Waals surface area contributed by atoms with Crippen molar-refractivity contribution in [2.24, 2.45) is 0 Å². The second-order valence-corrected chi connectivity index (χ2v) is 7.83. The minimum absolute atomic E-state index is 0.106. The van der Waals surface area contributed by atoms with Gasteiger partial charge in [0.2, 0.25) is 0 Å². The molecule has 0 radical (unpaired) electrons. The van der Waals surface area contributed by atoms with Crippen molar-refractivity contribution in [3.8, 4) is 0 Å². The molecule has 2 aromatic rings. The van der Waals surface area contributed by atoms with Gasteiger partial charge in [0.05, 0.1) is 11.2 Å². The Balaban J connectivity index is 1.71. The zero-order chi connectivity index (χ0) is 18.7. The Labute approximate surface area is 153 Å². The van der Waals surface area contributed by atoms with Crippen molar-refractivity contribution in [3.63, 3.8) is 0 Å². The van der Waals surface area contributed by atoms with Crippen molar-refractivity contribution < 1.29 is 13.9 Å². The van der Waals surface area contributed by atoms with E-state index >= 15 is 0 Å². The number of carbonyl (C=O) groups is 1. The summed E-state index contributed by atoms with van der Waals surface area (Å²) in [5.74, 6) is 0.683. The number of hydrogen-bond donors (Lipinski definition) is 1. The molecule has 26 heavy (non-hydrogen) atoms. The molecule has 0 spiro atoms. The fraction of sp³-hybridized carbons (Fsp3) is 0.500. The Kier molecular flexibility index (Phi) is 5.30. The first-order chi connectivity index (χ1) is 12.3. The van der Waals surface area contributed by atoms with Crippen molar-refractivity contribution in [1.29, 1.82) is 0 Å². The van der Waals surface area contributed by atoms with Gasteiger partial charge in [0, 0.05) is 12.0 Å². The van der Waals surface area contributed by atoms with Gasteiger partial charge in [-0.2, -0.15) is 5.10 Å². The quantitative estimate of drug-likeness (QED) is 0.836. The highest BCUT2D eigenvalue weighted by atomic mass is 19.1. The summed E-state index contributed by atoms with van der Waals surface area (Å²) in [5.41, 5.74) is 1.44. The Morgan fingerprint density at radius 2 is 2.04 bits per heavy atom. The van der Waals surface area contributed by atoms with E-state index in [2.05, 4.69) is 10.4 Å². The van der Waals surface area contributed by atoms with Gasteiger partial charge in [-0.05, 0) is 45.6 Å². The van der Waals surface area contributed by atoms with Crippen LogP contribution < -0.4 is 5.32 Å². The summed E-state index contributed by atoms with van der Waals surface area (Å²) >= 11 is 0. The van der Waals surface area contributed by atoms with Gasteiger partial charge in [-0.1, -0.05) is 30.3 Å². The Bertz CT molecular complexity index is 752. The third-order valence-electron chi connectivity index (χ3n) is 4.59. The normalized spacial score (nSPS) is 20.2. The van der Waals surface area contributed by atoms with Gasteiger partial charge in [-0.25, -0.2) is 13.9 Å². The number of amides is 1. The average Bonchev–Trinajstić information content (AvgIpc) is 3.20. The predicted molar refractivity (Wildman–Crippen MR) is 99.0 cm³/mol. The standard InChI is InChI=1S/C20H26FN3O2/c1-20(2,3)24-18(12-17(23-24)15-9-10-16(21)11-15)22-19(25)26-13-14-7-5-4-6-8-14/h4-8,12,15-16H,9-11,13H2,1-3H3,(H,22,25)/t15-,16-/m1/s1. The fourth-order valence-electron chi connectivity index (χ4n) is 3.26. The van der Waals surface area contributed by atoms with Gasteiger partial charge in [0.1, 0.15) is 18.6 Å². The topological polar surface area (TPSA) is 56.2 Å². The van der Waals surface area contributed by atoms with Gasteiger partial charge in [0.25, 0.3) is 0 Å². The lowest BCUT2D eigenvalue weighted by atomic mass is 10.0. The van der Waals surface area contributed by atoms with Crippen LogP contribution in [-0.4, -0.2) is 22.0 Å². The highest BCUT2D eigenvalue weighted by Crippen LogP contribution is 2.37. The van der Waals surface area contributed by atoms with Gasteiger partial charge in [-0.15, -0.1) is 0 Å². The van der Waals surface area contributed by atoms with Gasteiger partial charge in [0.15, 0.2) is 0 Å². The summed E-state index contributed by atoms with van der Waals surface area (Å²) in [4.78, 5) is 12.2. The van der Waals surface area contributed by atoms with Crippen molar-refractivity contribution in [2.45, 2.75) is 64.3 Å². The largest absolute Gasteiger partial charge is 0.444 e. The molecule has 1 aromatic heterocycles. The molecule has 1 aliphatic rings. The lowest BCUT2D eigenvalue weighted by Crippen LogP contribution is -2.27. The molecule has 0 saturated heterocycles. The number of nitrogens with one attached hydrogen (secondary N) is 1. The minimum atomic E-state index is -0.757. The van der Waals surface area contributed by atoms with Crippen LogP contribution in [0.1, 0.15) is 57.2 Å². The molecule has 2 atom stereocenters. The van der Waals surface area contributed by atoms with E-state index in [4.69, 9.17) is 4.74 Å². The van der Waals surface area contributed by atoms with E-state index in [1.54, 1.807) is 4.68 Å². The second kappa shape index (κ2) is 7.48. The highest BCUT2D eigenvalue weighted by Gasteiger charge is 2.30. The maximum Gasteiger partial charge on any atom is 0.413 e. The van der Waals surface area contributed by atoms with Crippen LogP contribution in [-0.2, 0) is 16.9 Å². The summed E-state index contributed by atoms with van der Waals surface area (Å²) in [6.45, 7) is 6.24. The average molecular weight is 359 g/mol. The maximum absolute atomic E-state index is 13.5. The third-order valence-corrected chi connectivity index (χ3v) is 4.59. The Morgan fingerprint density at radius 1 is 1.31 bits per heavy atom. The monoisotopic (exact) mass is 359 g/mol. The highest BCUT2D eigenvalue weighted by molar-refractivity contribution is 5.83. The number of rotatable bonds is 4. The molecule has 1 amide bonds. The molecular formula is C20H26FN3O2. The van der Waals surface area contributed by atoms with Crippen LogP contribution in [0.25, 0.3) is 0 Å². The smallest absolute Gasteiger partial charge is 0.413 e. The van der Waals surface area contributed by atoms with E-state index in [9.17, 15) is 9.18 Å². The van der Waals surface area contributed by atoms with Crippen LogP contribution in [0.2, 0.25) is 0 Å². The summed E-state index contributed by atoms with van der Waals surface area (Å²) in [6, 6.07) is 11.4. The number of carbonyl (C=O) groups excluding carboxylic acids is 1. The van der Waals surface area contributed by atoms with E-state index in [-0.39, 0.29) is 18.1 Å². The van der Waals surface area contributed by atoms with Gasteiger partial charge >= 0.3 is 6.09 Å². The molecule has 1 heterocycles. The first kappa shape index (κ1) is 18.4. The maximum atomic E-state index is 13.5. The molecule has 1 fully saturated rings. The molecule has 1 aliphatic carbocycles. The van der Waals surface area contributed by atoms with Gasteiger partial charge < -0.3 is 4.74 Å². The first-order valence-electron chi connectivity index (χ1n) is 9.05. The van der Waals surface area contributed by atoms with Crippen LogP contribution >= 0.6 is 0 Å². The number of ether oxygens (including phenoxy) is 1. The van der Waals surface area contributed by atoms with E-state index in [0.717, 1.165) is 17.7 Å². The van der Waals surface area contributed by atoms with Crippen molar-refractivity contribution in [2.75, 3.05) is 5.32 Å². The van der Waals surface area contributed by atoms with Crippen molar-refractivity contribution >= 4 is 11.9 Å². The number of alkyl halides is 1. The molecule has 0 aliphatic heterocycles. The lowest BCUT2D eigenvalue weighted by molar-refractivity contribution is 0.154. The summed E-state index contributed by atoms with van der Waals surface area (Å²) < 4.78 is 20.6. The summed E-state index contributed by atoms with van der Waals surface area (Å²) in [6.07, 6.45) is 0.585. The molecule has 1 N–H and O–H groups in total. The Morgan fingerprint density at radius 3 is 2.65 bits per heavy atom. The first-order valence-corrected chi connectivity index (χ1v) is 9.05. The predicted octanol–water partition coefficient (Wildman–Crippen LogP) is 4.99. The summed E-state index contributed by atoms with van der Waals surface area (Å²) in [5, 5.41) is 7.44. The molecular weight excluding hydrogens is 333 g/mol. The lowest BCUT2D eigenvalue weighted by Gasteiger charge is -2.22. The number of nitrogens with zero attached hydrogens (tertiary/aromatic N) is 2. The van der Waals surface area contributed by atoms with Crippen molar-refractivity contribution in [3.05, 3.63) is 47.7 Å². The molecule has 1 saturated carbocycles. The van der Waals surface area contributed by atoms with E-state index in [1.165, 1.54) is 0 Å². The second-order valence-electron chi connectivity index (χ2n) is 7.83. The van der Waals surface area contributed by atoms with Crippen LogP contribution in [0.4, 0.5) is 15.0 Å².